The molecule has 1 aromatic carbocycles. The number of aryl methyl sites for hydroxylation is 2. The molecule has 7 heteroatoms. The normalized spacial score (nSPS) is 14.2. The maximum Gasteiger partial charge on any atom is 0.326 e. The summed E-state index contributed by atoms with van der Waals surface area (Å²) in [5.74, 6) is -0.719. The van der Waals surface area contributed by atoms with Crippen molar-refractivity contribution >= 4 is 23.1 Å². The SMILES string of the molecule is CCc1[nH]n(-c2ccccc2)c(=O)c1C1=C([n+]2ccc(C)cc2)C(=O)N(CC(C)C)C1=O. The average molecular weight is 432 g/mol. The zero-order chi connectivity index (χ0) is 23.0. The Morgan fingerprint density at radius 3 is 2.22 bits per heavy atom. The summed E-state index contributed by atoms with van der Waals surface area (Å²) in [6.45, 7) is 8.05. The summed E-state index contributed by atoms with van der Waals surface area (Å²) >= 11 is 0. The molecule has 0 unspecified atom stereocenters. The van der Waals surface area contributed by atoms with Crippen LogP contribution in [0.2, 0.25) is 0 Å². The molecule has 0 atom stereocenters. The maximum atomic E-state index is 13.6. The van der Waals surface area contributed by atoms with Gasteiger partial charge in [-0.3, -0.25) is 24.4 Å². The minimum Gasteiger partial charge on any atom is -0.294 e. The molecule has 164 valence electrons. The minimum atomic E-state index is -0.433. The summed E-state index contributed by atoms with van der Waals surface area (Å²) in [5, 5.41) is 3.14. The van der Waals surface area contributed by atoms with E-state index in [-0.39, 0.29) is 40.8 Å². The van der Waals surface area contributed by atoms with E-state index in [1.165, 1.54) is 9.58 Å². The third-order valence-corrected chi connectivity index (χ3v) is 5.53. The number of H-pyrrole nitrogens is 1. The highest BCUT2D eigenvalue weighted by molar-refractivity contribution is 6.44. The van der Waals surface area contributed by atoms with E-state index in [1.807, 2.05) is 70.2 Å². The molecule has 0 fully saturated rings. The molecule has 7 nitrogen and oxygen atoms in total. The quantitative estimate of drug-likeness (QED) is 0.482. The van der Waals surface area contributed by atoms with E-state index in [0.29, 0.717) is 17.8 Å². The number of carbonyl (C=O) groups is 2. The molecule has 2 aromatic heterocycles. The lowest BCUT2D eigenvalue weighted by molar-refractivity contribution is -0.577. The zero-order valence-corrected chi connectivity index (χ0v) is 18.8. The first kappa shape index (κ1) is 21.5. The second-order valence-electron chi connectivity index (χ2n) is 8.42. The lowest BCUT2D eigenvalue weighted by Crippen LogP contribution is -2.40. The molecule has 1 aliphatic heterocycles. The van der Waals surface area contributed by atoms with Gasteiger partial charge in [0.05, 0.1) is 11.3 Å². The third kappa shape index (κ3) is 3.60. The van der Waals surface area contributed by atoms with Crippen molar-refractivity contribution in [2.24, 2.45) is 5.92 Å². The predicted molar refractivity (Wildman–Crippen MR) is 122 cm³/mol. The Bertz CT molecular complexity index is 1260. The number of imide groups is 1. The van der Waals surface area contributed by atoms with Crippen molar-refractivity contribution in [2.45, 2.75) is 34.1 Å². The van der Waals surface area contributed by atoms with Crippen LogP contribution in [0.4, 0.5) is 0 Å². The molecule has 2 amide bonds. The fourth-order valence-corrected chi connectivity index (χ4v) is 3.96. The molecular formula is C25H27N4O3+. The van der Waals surface area contributed by atoms with Gasteiger partial charge in [0.2, 0.25) is 0 Å². The number of hydrogen-bond acceptors (Lipinski definition) is 3. The molecule has 3 heterocycles. The number of amides is 2. The van der Waals surface area contributed by atoms with Gasteiger partial charge in [-0.1, -0.05) is 39.0 Å². The second-order valence-corrected chi connectivity index (χ2v) is 8.42. The van der Waals surface area contributed by atoms with E-state index in [2.05, 4.69) is 5.10 Å². The van der Waals surface area contributed by atoms with E-state index in [0.717, 1.165) is 5.56 Å². The van der Waals surface area contributed by atoms with Gasteiger partial charge in [-0.25, -0.2) is 4.68 Å². The van der Waals surface area contributed by atoms with Crippen molar-refractivity contribution in [3.63, 3.8) is 0 Å². The van der Waals surface area contributed by atoms with Gasteiger partial charge in [0.15, 0.2) is 12.4 Å². The van der Waals surface area contributed by atoms with Crippen LogP contribution in [-0.4, -0.2) is 33.0 Å². The van der Waals surface area contributed by atoms with Crippen LogP contribution < -0.4 is 10.1 Å². The Labute approximate surface area is 186 Å². The molecule has 1 N–H and O–H groups in total. The van der Waals surface area contributed by atoms with Crippen LogP contribution >= 0.6 is 0 Å². The molecule has 4 rings (SSSR count). The Balaban J connectivity index is 1.99. The molecule has 0 radical (unpaired) electrons. The number of pyridine rings is 1. The Morgan fingerprint density at radius 1 is 0.969 bits per heavy atom. The molecule has 1 aliphatic rings. The standard InChI is InChI=1S/C25H26N4O3/c1-5-19-20(24(31)29(26-19)18-9-7-6-8-10-18)21-22(27-13-11-17(4)12-14-27)25(32)28(23(21)30)15-16(2)3/h6-14,16H,5,15H2,1-4H3/p+1. The van der Waals surface area contributed by atoms with Crippen LogP contribution in [-0.2, 0) is 16.0 Å². The maximum absolute atomic E-state index is 13.6. The van der Waals surface area contributed by atoms with E-state index in [9.17, 15) is 14.4 Å². The monoisotopic (exact) mass is 431 g/mol. The van der Waals surface area contributed by atoms with Gasteiger partial charge in [-0.15, -0.1) is 0 Å². The van der Waals surface area contributed by atoms with Crippen molar-refractivity contribution in [1.82, 2.24) is 14.7 Å². The van der Waals surface area contributed by atoms with Crippen LogP contribution in [0.15, 0.2) is 59.7 Å². The number of aromatic nitrogens is 3. The fraction of sp³-hybridized carbons (Fsp3) is 0.280. The van der Waals surface area contributed by atoms with Gasteiger partial charge < -0.3 is 0 Å². The van der Waals surface area contributed by atoms with Gasteiger partial charge in [0.25, 0.3) is 17.2 Å². The number of nitrogens with zero attached hydrogens (tertiary/aromatic N) is 3. The number of carbonyl (C=O) groups excluding carboxylic acids is 2. The van der Waals surface area contributed by atoms with Crippen LogP contribution in [0.1, 0.15) is 37.6 Å². The molecule has 0 saturated carbocycles. The lowest BCUT2D eigenvalue weighted by atomic mass is 10.0. The van der Waals surface area contributed by atoms with Gasteiger partial charge in [-0.2, -0.15) is 4.57 Å². The van der Waals surface area contributed by atoms with Crippen molar-refractivity contribution in [1.29, 1.82) is 0 Å². The Kier molecular flexibility index (Phi) is 5.65. The first-order chi connectivity index (χ1) is 15.3. The molecule has 32 heavy (non-hydrogen) atoms. The largest absolute Gasteiger partial charge is 0.326 e. The first-order valence-electron chi connectivity index (χ1n) is 10.8. The van der Waals surface area contributed by atoms with Crippen molar-refractivity contribution < 1.29 is 14.2 Å². The summed E-state index contributed by atoms with van der Waals surface area (Å²) in [6.07, 6.45) is 4.01. The summed E-state index contributed by atoms with van der Waals surface area (Å²) in [7, 11) is 0. The Hall–Kier alpha value is -3.74. The summed E-state index contributed by atoms with van der Waals surface area (Å²) in [6, 6.07) is 12.9. The van der Waals surface area contributed by atoms with E-state index in [4.69, 9.17) is 0 Å². The molecule has 3 aromatic rings. The predicted octanol–water partition coefficient (Wildman–Crippen LogP) is 2.72. The highest BCUT2D eigenvalue weighted by Gasteiger charge is 2.47. The topological polar surface area (TPSA) is 79.1 Å². The lowest BCUT2D eigenvalue weighted by Gasteiger charge is -2.16. The van der Waals surface area contributed by atoms with Gasteiger partial charge in [-0.05, 0) is 37.0 Å². The number of rotatable bonds is 6. The highest BCUT2D eigenvalue weighted by Crippen LogP contribution is 2.30. The van der Waals surface area contributed by atoms with E-state index >= 15 is 0 Å². The van der Waals surface area contributed by atoms with Crippen LogP contribution in [0.25, 0.3) is 17.0 Å². The molecule has 0 bridgehead atoms. The molecule has 0 saturated heterocycles. The van der Waals surface area contributed by atoms with Crippen LogP contribution in [0.3, 0.4) is 0 Å². The highest BCUT2D eigenvalue weighted by atomic mass is 16.2. The fourth-order valence-electron chi connectivity index (χ4n) is 3.96. The summed E-state index contributed by atoms with van der Waals surface area (Å²) in [4.78, 5) is 41.8. The van der Waals surface area contributed by atoms with E-state index in [1.54, 1.807) is 17.0 Å². The number of hydrogen-bond donors (Lipinski definition) is 1. The van der Waals surface area contributed by atoms with E-state index < -0.39 is 5.91 Å². The smallest absolute Gasteiger partial charge is 0.294 e. The van der Waals surface area contributed by atoms with Gasteiger partial charge >= 0.3 is 5.91 Å². The zero-order valence-electron chi connectivity index (χ0n) is 18.8. The van der Waals surface area contributed by atoms with Crippen molar-refractivity contribution in [2.75, 3.05) is 6.54 Å². The minimum absolute atomic E-state index is 0.101. The average Bonchev–Trinajstić information content (AvgIpc) is 3.23. The summed E-state index contributed by atoms with van der Waals surface area (Å²) < 4.78 is 3.07. The Morgan fingerprint density at radius 2 is 1.62 bits per heavy atom. The third-order valence-electron chi connectivity index (χ3n) is 5.53. The number of benzene rings is 1. The summed E-state index contributed by atoms with van der Waals surface area (Å²) in [5.41, 5.74) is 2.58. The molecule has 0 aliphatic carbocycles. The van der Waals surface area contributed by atoms with Gasteiger partial charge in [0, 0.05) is 24.4 Å². The number of para-hydroxylation sites is 1. The van der Waals surface area contributed by atoms with Crippen molar-refractivity contribution in [3.05, 3.63) is 82.0 Å². The second kappa shape index (κ2) is 8.42. The van der Waals surface area contributed by atoms with Gasteiger partial charge in [0.1, 0.15) is 5.57 Å². The molecule has 0 spiro atoms. The van der Waals surface area contributed by atoms with Crippen LogP contribution in [0.5, 0.6) is 0 Å². The van der Waals surface area contributed by atoms with Crippen LogP contribution in [0, 0.1) is 12.8 Å². The molecular weight excluding hydrogens is 404 g/mol. The number of nitrogens with one attached hydrogen (secondary N) is 1. The van der Waals surface area contributed by atoms with Crippen molar-refractivity contribution in [3.8, 4) is 5.69 Å². The number of aromatic amines is 1. The first-order valence-corrected chi connectivity index (χ1v) is 10.8.